The molecule has 122 valence electrons. The van der Waals surface area contributed by atoms with Crippen LogP contribution in [-0.4, -0.2) is 31.2 Å². The summed E-state index contributed by atoms with van der Waals surface area (Å²) in [5.41, 5.74) is 1.12. The summed E-state index contributed by atoms with van der Waals surface area (Å²) in [6.07, 6.45) is 0.920. The van der Waals surface area contributed by atoms with Gasteiger partial charge in [0.15, 0.2) is 0 Å². The lowest BCUT2D eigenvalue weighted by molar-refractivity contribution is 0.0644. The van der Waals surface area contributed by atoms with Crippen LogP contribution in [0.4, 0.5) is 4.39 Å². The number of carbonyl (C=O) groups is 1. The highest BCUT2D eigenvalue weighted by Crippen LogP contribution is 2.23. The molecule has 1 heterocycles. The van der Waals surface area contributed by atoms with E-state index in [1.807, 2.05) is 31.2 Å². The summed E-state index contributed by atoms with van der Waals surface area (Å²) >= 11 is 0. The van der Waals surface area contributed by atoms with Crippen molar-refractivity contribution in [2.45, 2.75) is 19.1 Å². The number of hydrogen-bond acceptors (Lipinski definition) is 4. The number of nitrogens with one attached hydrogen (secondary N) is 1. The highest BCUT2D eigenvalue weighted by molar-refractivity contribution is 5.94. The van der Waals surface area contributed by atoms with Crippen LogP contribution in [0.5, 0.6) is 5.75 Å². The van der Waals surface area contributed by atoms with Gasteiger partial charge in [-0.05, 0) is 30.7 Å². The van der Waals surface area contributed by atoms with Gasteiger partial charge >= 0.3 is 0 Å². The van der Waals surface area contributed by atoms with Gasteiger partial charge in [0.05, 0.1) is 13.2 Å². The molecule has 0 saturated carbocycles. The maximum Gasteiger partial charge on any atom is 0.251 e. The number of halogens is 1. The van der Waals surface area contributed by atoms with Crippen LogP contribution < -0.4 is 10.1 Å². The molecule has 2 aromatic rings. The molecule has 0 aliphatic rings. The molecule has 0 unspecified atom stereocenters. The minimum Gasteiger partial charge on any atom is -0.497 e. The number of hydrogen-bond donors (Lipinski definition) is 1. The van der Waals surface area contributed by atoms with E-state index in [9.17, 15) is 9.18 Å². The number of benzene rings is 1. The average molecular weight is 318 g/mol. The van der Waals surface area contributed by atoms with Crippen molar-refractivity contribution in [3.63, 3.8) is 0 Å². The van der Waals surface area contributed by atoms with Crippen molar-refractivity contribution in [3.8, 4) is 5.75 Å². The number of aromatic nitrogens is 1. The van der Waals surface area contributed by atoms with Crippen LogP contribution in [0.3, 0.4) is 0 Å². The van der Waals surface area contributed by atoms with Gasteiger partial charge in [-0.1, -0.05) is 12.1 Å². The Hall–Kier alpha value is -2.47. The molecule has 6 heteroatoms. The SMILES string of the molecule is COc1ccc([C@@H](OC)[C@@H](C)NC(=O)c2ccnc(F)c2)cc1. The van der Waals surface area contributed by atoms with Crippen molar-refractivity contribution in [1.82, 2.24) is 10.3 Å². The zero-order chi connectivity index (χ0) is 16.8. The van der Waals surface area contributed by atoms with Gasteiger partial charge in [-0.3, -0.25) is 4.79 Å². The molecule has 1 N–H and O–H groups in total. The maximum atomic E-state index is 13.1. The first-order chi connectivity index (χ1) is 11.0. The first-order valence-corrected chi connectivity index (χ1v) is 7.14. The van der Waals surface area contributed by atoms with E-state index < -0.39 is 5.95 Å². The molecule has 23 heavy (non-hydrogen) atoms. The van der Waals surface area contributed by atoms with Crippen LogP contribution in [0.25, 0.3) is 0 Å². The number of methoxy groups -OCH3 is 2. The Morgan fingerprint density at radius 1 is 1.22 bits per heavy atom. The van der Waals surface area contributed by atoms with Gasteiger partial charge < -0.3 is 14.8 Å². The lowest BCUT2D eigenvalue weighted by atomic mass is 10.0. The van der Waals surface area contributed by atoms with Gasteiger partial charge in [0.1, 0.15) is 11.9 Å². The lowest BCUT2D eigenvalue weighted by Crippen LogP contribution is -2.37. The summed E-state index contributed by atoms with van der Waals surface area (Å²) in [6, 6.07) is 9.65. The summed E-state index contributed by atoms with van der Waals surface area (Å²) in [4.78, 5) is 15.6. The number of carbonyl (C=O) groups excluding carboxylic acids is 1. The molecule has 2 atom stereocenters. The topological polar surface area (TPSA) is 60.5 Å². The third kappa shape index (κ3) is 4.26. The van der Waals surface area contributed by atoms with E-state index in [1.54, 1.807) is 14.2 Å². The Labute approximate surface area is 134 Å². The second kappa shape index (κ2) is 7.69. The highest BCUT2D eigenvalue weighted by Gasteiger charge is 2.21. The molecule has 0 spiro atoms. The first-order valence-electron chi connectivity index (χ1n) is 7.14. The zero-order valence-electron chi connectivity index (χ0n) is 13.2. The quantitative estimate of drug-likeness (QED) is 0.832. The van der Waals surface area contributed by atoms with E-state index in [1.165, 1.54) is 12.3 Å². The molecule has 0 bridgehead atoms. The normalized spacial score (nSPS) is 13.2. The summed E-state index contributed by atoms with van der Waals surface area (Å²) in [6.45, 7) is 1.83. The monoisotopic (exact) mass is 318 g/mol. The van der Waals surface area contributed by atoms with E-state index in [-0.39, 0.29) is 23.6 Å². The van der Waals surface area contributed by atoms with Crippen molar-refractivity contribution >= 4 is 5.91 Å². The van der Waals surface area contributed by atoms with Gasteiger partial charge in [-0.2, -0.15) is 4.39 Å². The molecule has 0 aliphatic heterocycles. The first kappa shape index (κ1) is 16.9. The average Bonchev–Trinajstić information content (AvgIpc) is 2.56. The second-order valence-electron chi connectivity index (χ2n) is 5.06. The molecule has 0 aliphatic carbocycles. The van der Waals surface area contributed by atoms with Gasteiger partial charge in [-0.15, -0.1) is 0 Å². The van der Waals surface area contributed by atoms with E-state index in [0.717, 1.165) is 17.4 Å². The number of amides is 1. The molecule has 0 saturated heterocycles. The second-order valence-corrected chi connectivity index (χ2v) is 5.06. The van der Waals surface area contributed by atoms with Crippen LogP contribution in [-0.2, 0) is 4.74 Å². The Morgan fingerprint density at radius 3 is 2.48 bits per heavy atom. The fraction of sp³-hybridized carbons (Fsp3) is 0.294. The molecular formula is C17H19FN2O3. The Bertz CT molecular complexity index is 661. The van der Waals surface area contributed by atoms with E-state index in [4.69, 9.17) is 9.47 Å². The van der Waals surface area contributed by atoms with Crippen LogP contribution in [0.2, 0.25) is 0 Å². The molecular weight excluding hydrogens is 299 g/mol. The predicted octanol–water partition coefficient (Wildman–Crippen LogP) is 2.74. The van der Waals surface area contributed by atoms with Crippen LogP contribution in [0.15, 0.2) is 42.6 Å². The minimum atomic E-state index is -0.691. The lowest BCUT2D eigenvalue weighted by Gasteiger charge is -2.24. The third-order valence-corrected chi connectivity index (χ3v) is 3.50. The fourth-order valence-electron chi connectivity index (χ4n) is 2.33. The summed E-state index contributed by atoms with van der Waals surface area (Å²) in [7, 11) is 3.17. The van der Waals surface area contributed by atoms with E-state index >= 15 is 0 Å². The van der Waals surface area contributed by atoms with Crippen molar-refractivity contribution in [3.05, 3.63) is 59.7 Å². The standard InChI is InChI=1S/C17H19FN2O3/c1-11(20-17(21)13-8-9-19-15(18)10-13)16(23-3)12-4-6-14(22-2)7-5-12/h4-11,16H,1-3H3,(H,20,21)/t11-,16+/m1/s1. The molecule has 2 rings (SSSR count). The molecule has 5 nitrogen and oxygen atoms in total. The molecule has 0 fully saturated rings. The molecule has 1 aromatic heterocycles. The number of pyridine rings is 1. The Kier molecular flexibility index (Phi) is 5.65. The van der Waals surface area contributed by atoms with Crippen molar-refractivity contribution in [2.75, 3.05) is 14.2 Å². The summed E-state index contributed by atoms with van der Waals surface area (Å²) in [5.74, 6) is -0.328. The molecule has 0 radical (unpaired) electrons. The van der Waals surface area contributed by atoms with Crippen molar-refractivity contribution < 1.29 is 18.7 Å². The van der Waals surface area contributed by atoms with Crippen LogP contribution in [0, 0.1) is 5.95 Å². The summed E-state index contributed by atoms with van der Waals surface area (Å²) in [5, 5.41) is 2.81. The fourth-order valence-corrected chi connectivity index (χ4v) is 2.33. The predicted molar refractivity (Wildman–Crippen MR) is 83.9 cm³/mol. The third-order valence-electron chi connectivity index (χ3n) is 3.50. The van der Waals surface area contributed by atoms with Crippen LogP contribution in [0.1, 0.15) is 28.9 Å². The van der Waals surface area contributed by atoms with Crippen LogP contribution >= 0.6 is 0 Å². The zero-order valence-corrected chi connectivity index (χ0v) is 13.2. The van der Waals surface area contributed by atoms with Gasteiger partial charge in [0.25, 0.3) is 5.91 Å². The highest BCUT2D eigenvalue weighted by atomic mass is 19.1. The van der Waals surface area contributed by atoms with Gasteiger partial charge in [0.2, 0.25) is 5.95 Å². The van der Waals surface area contributed by atoms with E-state index in [0.29, 0.717) is 0 Å². The Balaban J connectivity index is 2.09. The largest absolute Gasteiger partial charge is 0.497 e. The van der Waals surface area contributed by atoms with Gasteiger partial charge in [0, 0.05) is 24.9 Å². The minimum absolute atomic E-state index is 0.217. The molecule has 1 aromatic carbocycles. The van der Waals surface area contributed by atoms with Crippen molar-refractivity contribution in [1.29, 1.82) is 0 Å². The number of rotatable bonds is 6. The molecule has 1 amide bonds. The number of ether oxygens (including phenoxy) is 2. The summed E-state index contributed by atoms with van der Waals surface area (Å²) < 4.78 is 23.7. The Morgan fingerprint density at radius 2 is 1.91 bits per heavy atom. The smallest absolute Gasteiger partial charge is 0.251 e. The van der Waals surface area contributed by atoms with E-state index in [2.05, 4.69) is 10.3 Å². The van der Waals surface area contributed by atoms with Crippen molar-refractivity contribution in [2.24, 2.45) is 0 Å². The number of nitrogens with zero attached hydrogens (tertiary/aromatic N) is 1. The maximum absolute atomic E-state index is 13.1. The van der Waals surface area contributed by atoms with Gasteiger partial charge in [-0.25, -0.2) is 4.98 Å².